The first-order valence-electron chi connectivity index (χ1n) is 5.39. The van der Waals surface area contributed by atoms with E-state index in [0.29, 0.717) is 16.7 Å². The predicted molar refractivity (Wildman–Crippen MR) is 66.8 cm³/mol. The summed E-state index contributed by atoms with van der Waals surface area (Å²) in [4.78, 5) is 4.83. The van der Waals surface area contributed by atoms with E-state index in [9.17, 15) is 0 Å². The lowest BCUT2D eigenvalue weighted by Crippen LogP contribution is -2.18. The van der Waals surface area contributed by atoms with E-state index in [1.54, 1.807) is 12.5 Å². The van der Waals surface area contributed by atoms with Gasteiger partial charge in [0.1, 0.15) is 6.33 Å². The van der Waals surface area contributed by atoms with Crippen molar-refractivity contribution in [2.75, 3.05) is 0 Å². The van der Waals surface area contributed by atoms with Crippen LogP contribution in [0.5, 0.6) is 0 Å². The molecule has 5 heteroatoms. The van der Waals surface area contributed by atoms with E-state index in [0.717, 1.165) is 11.3 Å². The highest BCUT2D eigenvalue weighted by atomic mass is 79.9. The lowest BCUT2D eigenvalue weighted by molar-refractivity contribution is 0.489. The van der Waals surface area contributed by atoms with E-state index in [4.69, 9.17) is 0 Å². The molecule has 0 radical (unpaired) electrons. The van der Waals surface area contributed by atoms with Gasteiger partial charge in [-0.1, -0.05) is 36.7 Å². The number of fused-ring (bicyclic) bond motifs is 1. The molecular formula is C11H15BrN4. The first kappa shape index (κ1) is 11.5. The molecule has 0 bridgehead atoms. The van der Waals surface area contributed by atoms with Crippen molar-refractivity contribution in [1.29, 1.82) is 0 Å². The molecule has 2 rings (SSSR count). The standard InChI is InChI=1S/C11H15BrN4/c1-7(2)9(8(3)12)10-11-15-14-6-16(11)5-4-13-10/h4-9H,1-3H3. The highest BCUT2D eigenvalue weighted by Crippen LogP contribution is 2.32. The molecule has 0 spiro atoms. The average Bonchev–Trinajstić information content (AvgIpc) is 2.65. The highest BCUT2D eigenvalue weighted by molar-refractivity contribution is 9.09. The van der Waals surface area contributed by atoms with Crippen LogP contribution in [-0.4, -0.2) is 24.4 Å². The van der Waals surface area contributed by atoms with E-state index in [2.05, 4.69) is 51.9 Å². The van der Waals surface area contributed by atoms with Crippen LogP contribution in [0, 0.1) is 5.92 Å². The van der Waals surface area contributed by atoms with Crippen molar-refractivity contribution in [2.45, 2.75) is 31.5 Å². The van der Waals surface area contributed by atoms with Gasteiger partial charge in [0.15, 0.2) is 5.65 Å². The molecule has 2 unspecified atom stereocenters. The van der Waals surface area contributed by atoms with E-state index < -0.39 is 0 Å². The van der Waals surface area contributed by atoms with E-state index in [1.807, 2.05) is 10.6 Å². The lowest BCUT2D eigenvalue weighted by Gasteiger charge is -2.22. The van der Waals surface area contributed by atoms with Crippen LogP contribution in [0.3, 0.4) is 0 Å². The zero-order valence-electron chi connectivity index (χ0n) is 9.63. The van der Waals surface area contributed by atoms with Crippen LogP contribution in [0.25, 0.3) is 5.65 Å². The van der Waals surface area contributed by atoms with Crippen LogP contribution in [-0.2, 0) is 0 Å². The zero-order chi connectivity index (χ0) is 11.7. The SMILES string of the molecule is CC(C)C(c1nccn2cnnc12)C(C)Br. The van der Waals surface area contributed by atoms with Crippen molar-refractivity contribution in [1.82, 2.24) is 19.6 Å². The molecule has 0 aromatic carbocycles. The van der Waals surface area contributed by atoms with Gasteiger partial charge in [-0.2, -0.15) is 0 Å². The van der Waals surface area contributed by atoms with E-state index >= 15 is 0 Å². The third-order valence-corrected chi connectivity index (χ3v) is 3.34. The largest absolute Gasteiger partial charge is 0.286 e. The second kappa shape index (κ2) is 4.49. The molecule has 16 heavy (non-hydrogen) atoms. The van der Waals surface area contributed by atoms with Gasteiger partial charge in [-0.15, -0.1) is 10.2 Å². The Morgan fingerprint density at radius 1 is 1.31 bits per heavy atom. The second-order valence-corrected chi connectivity index (χ2v) is 5.77. The first-order valence-corrected chi connectivity index (χ1v) is 6.31. The van der Waals surface area contributed by atoms with Crippen LogP contribution < -0.4 is 0 Å². The van der Waals surface area contributed by atoms with Gasteiger partial charge in [-0.05, 0) is 5.92 Å². The number of alkyl halides is 1. The fourth-order valence-corrected chi connectivity index (χ4v) is 2.94. The van der Waals surface area contributed by atoms with Gasteiger partial charge in [-0.25, -0.2) is 0 Å². The quantitative estimate of drug-likeness (QED) is 0.813. The Morgan fingerprint density at radius 3 is 2.69 bits per heavy atom. The van der Waals surface area contributed by atoms with Gasteiger partial charge in [0.2, 0.25) is 0 Å². The molecule has 2 atom stereocenters. The molecule has 2 heterocycles. The average molecular weight is 283 g/mol. The maximum absolute atomic E-state index is 4.47. The number of hydrogen-bond donors (Lipinski definition) is 0. The van der Waals surface area contributed by atoms with Gasteiger partial charge in [0.05, 0.1) is 5.69 Å². The number of aromatic nitrogens is 4. The van der Waals surface area contributed by atoms with Crippen molar-refractivity contribution in [3.05, 3.63) is 24.4 Å². The summed E-state index contributed by atoms with van der Waals surface area (Å²) >= 11 is 3.65. The summed E-state index contributed by atoms with van der Waals surface area (Å²) in [5.41, 5.74) is 1.87. The molecule has 0 N–H and O–H groups in total. The minimum atomic E-state index is 0.341. The van der Waals surface area contributed by atoms with Crippen LogP contribution in [0.1, 0.15) is 32.4 Å². The maximum atomic E-state index is 4.47. The number of halogens is 1. The minimum absolute atomic E-state index is 0.341. The molecule has 0 aliphatic heterocycles. The zero-order valence-corrected chi connectivity index (χ0v) is 11.2. The van der Waals surface area contributed by atoms with Crippen molar-refractivity contribution >= 4 is 21.6 Å². The summed E-state index contributed by atoms with van der Waals surface area (Å²) in [6.45, 7) is 6.54. The summed E-state index contributed by atoms with van der Waals surface area (Å²) in [6, 6.07) is 0. The first-order chi connectivity index (χ1) is 7.61. The fraction of sp³-hybridized carbons (Fsp3) is 0.545. The van der Waals surface area contributed by atoms with Crippen molar-refractivity contribution in [3.8, 4) is 0 Å². The summed E-state index contributed by atoms with van der Waals surface area (Å²) < 4.78 is 1.91. The Morgan fingerprint density at radius 2 is 2.06 bits per heavy atom. The third kappa shape index (κ3) is 1.96. The fourth-order valence-electron chi connectivity index (χ4n) is 2.08. The van der Waals surface area contributed by atoms with E-state index in [1.165, 1.54) is 0 Å². The molecular weight excluding hydrogens is 268 g/mol. The molecule has 4 nitrogen and oxygen atoms in total. The second-order valence-electron chi connectivity index (χ2n) is 4.32. The Bertz CT molecular complexity index is 470. The highest BCUT2D eigenvalue weighted by Gasteiger charge is 2.25. The topological polar surface area (TPSA) is 43.1 Å². The van der Waals surface area contributed by atoms with Crippen molar-refractivity contribution in [2.24, 2.45) is 5.92 Å². The van der Waals surface area contributed by atoms with Gasteiger partial charge in [0, 0.05) is 23.1 Å². The Kier molecular flexibility index (Phi) is 3.23. The van der Waals surface area contributed by atoms with Crippen LogP contribution >= 0.6 is 15.9 Å². The summed E-state index contributed by atoms with van der Waals surface area (Å²) in [6.07, 6.45) is 5.38. The molecule has 0 fully saturated rings. The summed E-state index contributed by atoms with van der Waals surface area (Å²) in [7, 11) is 0. The predicted octanol–water partition coefficient (Wildman–Crippen LogP) is 2.65. The Hall–Kier alpha value is -0.970. The van der Waals surface area contributed by atoms with Gasteiger partial charge in [-0.3, -0.25) is 9.38 Å². The van der Waals surface area contributed by atoms with Crippen LogP contribution in [0.2, 0.25) is 0 Å². The number of hydrogen-bond acceptors (Lipinski definition) is 3. The van der Waals surface area contributed by atoms with Gasteiger partial charge < -0.3 is 0 Å². The summed E-state index contributed by atoms with van der Waals surface area (Å²) in [5, 5.41) is 8.05. The molecule has 0 aliphatic rings. The third-order valence-electron chi connectivity index (χ3n) is 2.77. The smallest absolute Gasteiger partial charge is 0.182 e. The normalized spacial score (nSPS) is 15.6. The molecule has 0 saturated heterocycles. The molecule has 2 aromatic rings. The molecule has 86 valence electrons. The number of rotatable bonds is 3. The lowest BCUT2D eigenvalue weighted by atomic mass is 9.90. The van der Waals surface area contributed by atoms with Crippen LogP contribution in [0.15, 0.2) is 18.7 Å². The van der Waals surface area contributed by atoms with Crippen LogP contribution in [0.4, 0.5) is 0 Å². The Labute approximate surface area is 103 Å². The molecule has 0 amide bonds. The van der Waals surface area contributed by atoms with Gasteiger partial charge >= 0.3 is 0 Å². The van der Waals surface area contributed by atoms with E-state index in [-0.39, 0.29) is 0 Å². The summed E-state index contributed by atoms with van der Waals surface area (Å²) in [5.74, 6) is 0.845. The molecule has 2 aromatic heterocycles. The molecule has 0 saturated carbocycles. The van der Waals surface area contributed by atoms with Crippen molar-refractivity contribution in [3.63, 3.8) is 0 Å². The maximum Gasteiger partial charge on any atom is 0.182 e. The Balaban J connectivity index is 2.56. The minimum Gasteiger partial charge on any atom is -0.286 e. The number of nitrogens with zero attached hydrogens (tertiary/aromatic N) is 4. The molecule has 0 aliphatic carbocycles. The monoisotopic (exact) mass is 282 g/mol. The van der Waals surface area contributed by atoms with Gasteiger partial charge in [0.25, 0.3) is 0 Å². The van der Waals surface area contributed by atoms with Crippen molar-refractivity contribution < 1.29 is 0 Å².